The molecule has 0 atom stereocenters. The third-order valence-electron chi connectivity index (χ3n) is 3.69. The monoisotopic (exact) mass is 398 g/mol. The van der Waals surface area contributed by atoms with Gasteiger partial charge >= 0.3 is 5.63 Å². The van der Waals surface area contributed by atoms with E-state index in [1.165, 1.54) is 0 Å². The van der Waals surface area contributed by atoms with Crippen LogP contribution in [0.25, 0.3) is 33.9 Å². The van der Waals surface area contributed by atoms with E-state index in [4.69, 9.17) is 13.6 Å². The van der Waals surface area contributed by atoms with Gasteiger partial charge in [0.15, 0.2) is 0 Å². The van der Waals surface area contributed by atoms with Gasteiger partial charge in [-0.05, 0) is 42.5 Å². The Morgan fingerprint density at radius 3 is 2.48 bits per heavy atom. The van der Waals surface area contributed by atoms with Crippen LogP contribution in [0.5, 0.6) is 5.75 Å². The molecule has 0 aliphatic heterocycles. The second-order valence-corrected chi connectivity index (χ2v) is 6.19. The summed E-state index contributed by atoms with van der Waals surface area (Å²) in [5.41, 5.74) is 0.859. The van der Waals surface area contributed by atoms with Crippen LogP contribution in [-0.4, -0.2) is 17.3 Å². The maximum atomic E-state index is 12.3. The number of aromatic nitrogens is 2. The van der Waals surface area contributed by atoms with Crippen molar-refractivity contribution in [3.63, 3.8) is 0 Å². The van der Waals surface area contributed by atoms with Crippen molar-refractivity contribution in [2.75, 3.05) is 7.11 Å². The summed E-state index contributed by atoms with van der Waals surface area (Å²) < 4.78 is 17.1. The van der Waals surface area contributed by atoms with Gasteiger partial charge in [0.1, 0.15) is 16.9 Å². The van der Waals surface area contributed by atoms with Crippen molar-refractivity contribution in [2.24, 2.45) is 0 Å². The van der Waals surface area contributed by atoms with E-state index < -0.39 is 5.63 Å². The lowest BCUT2D eigenvalue weighted by Gasteiger charge is -2.02. The predicted octanol–water partition coefficient (Wildman–Crippen LogP) is 4.28. The number of rotatable bonds is 3. The number of benzene rings is 2. The van der Waals surface area contributed by atoms with Crippen molar-refractivity contribution in [1.82, 2.24) is 10.2 Å². The van der Waals surface area contributed by atoms with Gasteiger partial charge in [-0.1, -0.05) is 15.9 Å². The van der Waals surface area contributed by atoms with Crippen molar-refractivity contribution in [2.45, 2.75) is 0 Å². The Kier molecular flexibility index (Phi) is 3.85. The van der Waals surface area contributed by atoms with E-state index >= 15 is 0 Å². The fourth-order valence-corrected chi connectivity index (χ4v) is 2.67. The SMILES string of the molecule is COc1ccc2cc(-c3nnc(-c4ccc(Br)cc4)o3)c(=O)oc2c1. The lowest BCUT2D eigenvalue weighted by Crippen LogP contribution is -2.03. The molecular formula is C18H11BrN2O4. The minimum Gasteiger partial charge on any atom is -0.497 e. The number of methoxy groups -OCH3 is 1. The molecule has 0 saturated heterocycles. The minimum absolute atomic E-state index is 0.115. The van der Waals surface area contributed by atoms with E-state index in [2.05, 4.69) is 26.1 Å². The summed E-state index contributed by atoms with van der Waals surface area (Å²) in [6.07, 6.45) is 0. The number of hydrogen-bond donors (Lipinski definition) is 0. The van der Waals surface area contributed by atoms with Crippen LogP contribution >= 0.6 is 15.9 Å². The topological polar surface area (TPSA) is 78.4 Å². The summed E-state index contributed by atoms with van der Waals surface area (Å²) in [6, 6.07) is 14.3. The molecule has 2 aromatic carbocycles. The maximum absolute atomic E-state index is 12.3. The van der Waals surface area contributed by atoms with Crippen LogP contribution in [0.15, 0.2) is 66.6 Å². The van der Waals surface area contributed by atoms with Gasteiger partial charge < -0.3 is 13.6 Å². The van der Waals surface area contributed by atoms with Crippen LogP contribution < -0.4 is 10.4 Å². The van der Waals surface area contributed by atoms with Gasteiger partial charge in [-0.2, -0.15) is 0 Å². The Morgan fingerprint density at radius 2 is 1.72 bits per heavy atom. The van der Waals surface area contributed by atoms with E-state index in [0.29, 0.717) is 17.2 Å². The largest absolute Gasteiger partial charge is 0.497 e. The quantitative estimate of drug-likeness (QED) is 0.479. The van der Waals surface area contributed by atoms with Crippen molar-refractivity contribution in [1.29, 1.82) is 0 Å². The fourth-order valence-electron chi connectivity index (χ4n) is 2.41. The Hall–Kier alpha value is -2.93. The van der Waals surface area contributed by atoms with Crippen LogP contribution in [0.3, 0.4) is 0 Å². The maximum Gasteiger partial charge on any atom is 0.349 e. The molecule has 0 bridgehead atoms. The molecule has 0 aliphatic carbocycles. The fraction of sp³-hybridized carbons (Fsp3) is 0.0556. The molecule has 0 spiro atoms. The Morgan fingerprint density at radius 1 is 0.960 bits per heavy atom. The number of fused-ring (bicyclic) bond motifs is 1. The molecule has 124 valence electrons. The van der Waals surface area contributed by atoms with Gasteiger partial charge in [0.2, 0.25) is 5.89 Å². The summed E-state index contributed by atoms with van der Waals surface area (Å²) in [5, 5.41) is 8.72. The van der Waals surface area contributed by atoms with Crippen molar-refractivity contribution >= 4 is 26.9 Å². The molecule has 7 heteroatoms. The third kappa shape index (κ3) is 2.94. The summed E-state index contributed by atoms with van der Waals surface area (Å²) in [7, 11) is 1.55. The molecule has 4 rings (SSSR count). The van der Waals surface area contributed by atoms with Crippen LogP contribution in [0.4, 0.5) is 0 Å². The molecule has 0 aliphatic rings. The average Bonchev–Trinajstić information content (AvgIpc) is 3.11. The normalized spacial score (nSPS) is 11.0. The molecule has 0 N–H and O–H groups in total. The zero-order chi connectivity index (χ0) is 17.4. The highest BCUT2D eigenvalue weighted by Gasteiger charge is 2.16. The van der Waals surface area contributed by atoms with Gasteiger partial charge in [-0.25, -0.2) is 4.79 Å². The molecule has 0 amide bonds. The molecule has 2 aromatic heterocycles. The Balaban J connectivity index is 1.78. The first-order valence-corrected chi connectivity index (χ1v) is 8.15. The van der Waals surface area contributed by atoms with E-state index in [-0.39, 0.29) is 11.5 Å². The van der Waals surface area contributed by atoms with Crippen LogP contribution in [0.1, 0.15) is 0 Å². The van der Waals surface area contributed by atoms with Gasteiger partial charge in [0.05, 0.1) is 7.11 Å². The molecule has 25 heavy (non-hydrogen) atoms. The van der Waals surface area contributed by atoms with Crippen molar-refractivity contribution in [3.8, 4) is 28.7 Å². The van der Waals surface area contributed by atoms with Crippen LogP contribution in [0.2, 0.25) is 0 Å². The van der Waals surface area contributed by atoms with Crippen LogP contribution in [-0.2, 0) is 0 Å². The average molecular weight is 399 g/mol. The van der Waals surface area contributed by atoms with Gasteiger partial charge in [-0.3, -0.25) is 0 Å². The number of ether oxygens (including phenoxy) is 1. The summed E-state index contributed by atoms with van der Waals surface area (Å²) >= 11 is 3.37. The number of halogens is 1. The lowest BCUT2D eigenvalue weighted by atomic mass is 10.2. The summed E-state index contributed by atoms with van der Waals surface area (Å²) in [6.45, 7) is 0. The van der Waals surface area contributed by atoms with E-state index in [9.17, 15) is 4.79 Å². The first-order valence-electron chi connectivity index (χ1n) is 7.36. The molecular weight excluding hydrogens is 388 g/mol. The summed E-state index contributed by atoms with van der Waals surface area (Å²) in [4.78, 5) is 12.3. The zero-order valence-corrected chi connectivity index (χ0v) is 14.6. The number of hydrogen-bond acceptors (Lipinski definition) is 6. The molecule has 0 radical (unpaired) electrons. The molecule has 2 heterocycles. The van der Waals surface area contributed by atoms with Gasteiger partial charge in [0.25, 0.3) is 5.89 Å². The first-order chi connectivity index (χ1) is 12.1. The molecule has 4 aromatic rings. The third-order valence-corrected chi connectivity index (χ3v) is 4.22. The Labute approximate surface area is 150 Å². The number of nitrogens with zero attached hydrogens (tertiary/aromatic N) is 2. The first kappa shape index (κ1) is 15.6. The summed E-state index contributed by atoms with van der Waals surface area (Å²) in [5.74, 6) is 1.06. The molecule has 0 unspecified atom stereocenters. The standard InChI is InChI=1S/C18H11BrN2O4/c1-23-13-7-4-11-8-14(18(22)24-15(11)9-13)17-21-20-16(25-17)10-2-5-12(19)6-3-10/h2-9H,1H3. The van der Waals surface area contributed by atoms with Crippen molar-refractivity contribution < 1.29 is 13.6 Å². The van der Waals surface area contributed by atoms with Gasteiger partial charge in [-0.15, -0.1) is 10.2 Å². The Bertz CT molecular complexity index is 1120. The highest BCUT2D eigenvalue weighted by atomic mass is 79.9. The molecule has 0 saturated carbocycles. The minimum atomic E-state index is -0.549. The van der Waals surface area contributed by atoms with E-state index in [1.54, 1.807) is 31.4 Å². The zero-order valence-electron chi connectivity index (χ0n) is 13.0. The molecule has 6 nitrogen and oxygen atoms in total. The van der Waals surface area contributed by atoms with Crippen molar-refractivity contribution in [3.05, 3.63) is 63.4 Å². The highest BCUT2D eigenvalue weighted by Crippen LogP contribution is 2.26. The van der Waals surface area contributed by atoms with E-state index in [0.717, 1.165) is 15.4 Å². The van der Waals surface area contributed by atoms with Gasteiger partial charge in [0, 0.05) is 21.5 Å². The highest BCUT2D eigenvalue weighted by molar-refractivity contribution is 9.10. The smallest absolute Gasteiger partial charge is 0.349 e. The van der Waals surface area contributed by atoms with E-state index in [1.807, 2.05) is 24.3 Å². The second kappa shape index (κ2) is 6.18. The molecule has 0 fully saturated rings. The predicted molar refractivity (Wildman–Crippen MR) is 95.5 cm³/mol. The van der Waals surface area contributed by atoms with Crippen LogP contribution in [0, 0.1) is 0 Å². The lowest BCUT2D eigenvalue weighted by molar-refractivity contribution is 0.414. The second-order valence-electron chi connectivity index (χ2n) is 5.27.